The summed E-state index contributed by atoms with van der Waals surface area (Å²) in [4.78, 5) is 12.2. The molecule has 0 aromatic heterocycles. The van der Waals surface area contributed by atoms with Crippen LogP contribution in [0.1, 0.15) is 6.92 Å². The van der Waals surface area contributed by atoms with E-state index in [-0.39, 0.29) is 6.10 Å². The van der Waals surface area contributed by atoms with Crippen LogP contribution >= 0.6 is 0 Å². The van der Waals surface area contributed by atoms with E-state index >= 15 is 0 Å². The monoisotopic (exact) mass is 167 g/mol. The molecule has 1 aliphatic rings. The summed E-state index contributed by atoms with van der Waals surface area (Å²) in [5.74, 6) is 0.575. The predicted molar refractivity (Wildman–Crippen MR) is 46.5 cm³/mol. The van der Waals surface area contributed by atoms with Crippen molar-refractivity contribution in [3.05, 3.63) is 24.1 Å². The highest BCUT2D eigenvalue weighted by atomic mass is 16.5. The van der Waals surface area contributed by atoms with Gasteiger partial charge >= 0.3 is 0 Å². The molecule has 1 unspecified atom stereocenters. The third-order valence-corrected chi connectivity index (χ3v) is 1.82. The lowest BCUT2D eigenvalue weighted by atomic mass is 10.2. The topological polar surface area (TPSA) is 29.5 Å². The van der Waals surface area contributed by atoms with Crippen molar-refractivity contribution in [1.82, 2.24) is 4.90 Å². The lowest BCUT2D eigenvalue weighted by Gasteiger charge is -2.33. The van der Waals surface area contributed by atoms with E-state index in [1.165, 1.54) is 6.08 Å². The van der Waals surface area contributed by atoms with Crippen molar-refractivity contribution in [2.45, 2.75) is 13.0 Å². The average molecular weight is 167 g/mol. The van der Waals surface area contributed by atoms with Crippen molar-refractivity contribution in [3.8, 4) is 0 Å². The maximum absolute atomic E-state index is 10.2. The number of hydrogen-bond acceptors (Lipinski definition) is 3. The highest BCUT2D eigenvalue weighted by molar-refractivity contribution is 5.67. The van der Waals surface area contributed by atoms with Gasteiger partial charge in [0.2, 0.25) is 0 Å². The molecular formula is C9H13NO2. The van der Waals surface area contributed by atoms with E-state index in [9.17, 15) is 4.79 Å². The van der Waals surface area contributed by atoms with E-state index in [4.69, 9.17) is 4.74 Å². The summed E-state index contributed by atoms with van der Waals surface area (Å²) in [5.41, 5.74) is 0.764. The summed E-state index contributed by atoms with van der Waals surface area (Å²) >= 11 is 0. The fourth-order valence-corrected chi connectivity index (χ4v) is 1.20. The van der Waals surface area contributed by atoms with E-state index in [0.29, 0.717) is 12.0 Å². The van der Waals surface area contributed by atoms with Gasteiger partial charge in [-0.2, -0.15) is 0 Å². The molecule has 0 radical (unpaired) electrons. The van der Waals surface area contributed by atoms with E-state index in [1.807, 2.05) is 18.9 Å². The van der Waals surface area contributed by atoms with E-state index in [1.54, 1.807) is 0 Å². The fourth-order valence-electron chi connectivity index (χ4n) is 1.20. The molecule has 3 heteroatoms. The van der Waals surface area contributed by atoms with Gasteiger partial charge in [-0.3, -0.25) is 4.79 Å². The van der Waals surface area contributed by atoms with Crippen molar-refractivity contribution >= 4 is 6.29 Å². The largest absolute Gasteiger partial charge is 0.487 e. The first kappa shape index (κ1) is 8.84. The van der Waals surface area contributed by atoms with Crippen LogP contribution in [0.3, 0.4) is 0 Å². The Labute approximate surface area is 72.3 Å². The van der Waals surface area contributed by atoms with E-state index in [0.717, 1.165) is 12.2 Å². The molecule has 0 spiro atoms. The number of likely N-dealkylation sites (N-methyl/N-ethyl adjacent to an activating group) is 1. The first-order valence-electron chi connectivity index (χ1n) is 3.87. The Morgan fingerprint density at radius 3 is 3.00 bits per heavy atom. The summed E-state index contributed by atoms with van der Waals surface area (Å²) in [6, 6.07) is 0. The highest BCUT2D eigenvalue weighted by Gasteiger charge is 2.20. The molecule has 3 nitrogen and oxygen atoms in total. The van der Waals surface area contributed by atoms with Gasteiger partial charge in [0.05, 0.1) is 12.2 Å². The highest BCUT2D eigenvalue weighted by Crippen LogP contribution is 2.20. The molecule has 1 heterocycles. The average Bonchev–Trinajstić information content (AvgIpc) is 2.00. The van der Waals surface area contributed by atoms with Crippen LogP contribution in [0.2, 0.25) is 0 Å². The molecule has 0 saturated carbocycles. The fraction of sp³-hybridized carbons (Fsp3) is 0.444. The predicted octanol–water partition coefficient (Wildman–Crippen LogP) is 0.933. The lowest BCUT2D eigenvalue weighted by molar-refractivity contribution is -0.104. The number of nitrogens with zero attached hydrogens (tertiary/aromatic N) is 1. The third kappa shape index (κ3) is 1.67. The van der Waals surface area contributed by atoms with Gasteiger partial charge in [0.25, 0.3) is 0 Å². The number of rotatable bonds is 1. The van der Waals surface area contributed by atoms with Crippen LogP contribution in [-0.2, 0) is 9.53 Å². The Morgan fingerprint density at radius 2 is 2.42 bits per heavy atom. The minimum atomic E-state index is 0.117. The van der Waals surface area contributed by atoms with Gasteiger partial charge in [-0.25, -0.2) is 0 Å². The summed E-state index contributed by atoms with van der Waals surface area (Å²) in [6.07, 6.45) is 2.23. The Bertz CT molecular complexity index is 233. The van der Waals surface area contributed by atoms with E-state index < -0.39 is 0 Å². The van der Waals surface area contributed by atoms with Gasteiger partial charge in [0.15, 0.2) is 0 Å². The SMILES string of the molecule is C=C1/C(=C/C=O)OC(C)CN1C. The first-order valence-corrected chi connectivity index (χ1v) is 3.87. The minimum Gasteiger partial charge on any atom is -0.487 e. The Balaban J connectivity index is 2.79. The second kappa shape index (κ2) is 3.43. The van der Waals surface area contributed by atoms with Crippen LogP contribution in [0.25, 0.3) is 0 Å². The van der Waals surface area contributed by atoms with Crippen LogP contribution < -0.4 is 0 Å². The number of morpholine rings is 1. The van der Waals surface area contributed by atoms with Crippen molar-refractivity contribution in [1.29, 1.82) is 0 Å². The van der Waals surface area contributed by atoms with Gasteiger partial charge in [0, 0.05) is 13.1 Å². The zero-order valence-corrected chi connectivity index (χ0v) is 7.41. The molecule has 12 heavy (non-hydrogen) atoms. The Kier molecular flexibility index (Phi) is 2.53. The van der Waals surface area contributed by atoms with Crippen LogP contribution in [-0.4, -0.2) is 30.9 Å². The smallest absolute Gasteiger partial charge is 0.146 e. The quantitative estimate of drug-likeness (QED) is 0.430. The van der Waals surface area contributed by atoms with Crippen LogP contribution in [0.15, 0.2) is 24.1 Å². The van der Waals surface area contributed by atoms with Crippen molar-refractivity contribution < 1.29 is 9.53 Å². The van der Waals surface area contributed by atoms with Crippen LogP contribution in [0, 0.1) is 0 Å². The van der Waals surface area contributed by atoms with Crippen LogP contribution in [0.5, 0.6) is 0 Å². The maximum atomic E-state index is 10.2. The molecule has 1 aliphatic heterocycles. The van der Waals surface area contributed by atoms with Crippen LogP contribution in [0.4, 0.5) is 0 Å². The number of hydrogen-bond donors (Lipinski definition) is 0. The zero-order valence-electron chi connectivity index (χ0n) is 7.41. The number of ether oxygens (including phenoxy) is 1. The second-order valence-electron chi connectivity index (χ2n) is 2.92. The Hall–Kier alpha value is -1.25. The van der Waals surface area contributed by atoms with Crippen molar-refractivity contribution in [2.75, 3.05) is 13.6 Å². The number of carbonyl (C=O) groups excluding carboxylic acids is 1. The molecular weight excluding hydrogens is 154 g/mol. The van der Waals surface area contributed by atoms with Gasteiger partial charge < -0.3 is 9.64 Å². The molecule has 0 amide bonds. The molecule has 0 aromatic rings. The minimum absolute atomic E-state index is 0.117. The number of allylic oxidation sites excluding steroid dienone is 1. The van der Waals surface area contributed by atoms with Gasteiger partial charge in [-0.05, 0) is 6.92 Å². The molecule has 0 aromatic carbocycles. The standard InChI is InChI=1S/C9H13NO2/c1-7-6-10(3)8(2)9(12-7)4-5-11/h4-5,7H,2,6H2,1,3H3/b9-4-. The van der Waals surface area contributed by atoms with E-state index in [2.05, 4.69) is 6.58 Å². The summed E-state index contributed by atoms with van der Waals surface area (Å²) in [5, 5.41) is 0. The molecule has 0 bridgehead atoms. The molecule has 0 N–H and O–H groups in total. The Morgan fingerprint density at radius 1 is 1.75 bits per heavy atom. The third-order valence-electron chi connectivity index (χ3n) is 1.82. The normalized spacial score (nSPS) is 27.2. The molecule has 1 saturated heterocycles. The molecule has 66 valence electrons. The molecule has 0 aliphatic carbocycles. The maximum Gasteiger partial charge on any atom is 0.146 e. The summed E-state index contributed by atoms with van der Waals surface area (Å²) in [7, 11) is 1.93. The lowest BCUT2D eigenvalue weighted by Crippen LogP contribution is -2.35. The molecule has 1 atom stereocenters. The first-order chi connectivity index (χ1) is 5.65. The molecule has 1 rings (SSSR count). The van der Waals surface area contributed by atoms with Gasteiger partial charge in [-0.15, -0.1) is 0 Å². The second-order valence-corrected chi connectivity index (χ2v) is 2.92. The van der Waals surface area contributed by atoms with Crippen molar-refractivity contribution in [3.63, 3.8) is 0 Å². The summed E-state index contributed by atoms with van der Waals surface area (Å²) in [6.45, 7) is 6.58. The van der Waals surface area contributed by atoms with Gasteiger partial charge in [-0.1, -0.05) is 6.58 Å². The van der Waals surface area contributed by atoms with Gasteiger partial charge in [0.1, 0.15) is 18.1 Å². The van der Waals surface area contributed by atoms with Crippen molar-refractivity contribution in [2.24, 2.45) is 0 Å². The number of aldehydes is 1. The zero-order chi connectivity index (χ0) is 9.14. The molecule has 1 fully saturated rings. The number of carbonyl (C=O) groups is 1. The summed E-state index contributed by atoms with van der Waals surface area (Å²) < 4.78 is 5.40.